The smallest absolute Gasteiger partial charge is 0.0643 e. The summed E-state index contributed by atoms with van der Waals surface area (Å²) < 4.78 is 6.15. The van der Waals surface area contributed by atoms with Crippen LogP contribution >= 0.6 is 0 Å². The van der Waals surface area contributed by atoms with Crippen molar-refractivity contribution in [3.63, 3.8) is 0 Å². The molecule has 1 aliphatic heterocycles. The molecule has 3 unspecified atom stereocenters. The Bertz CT molecular complexity index is 323. The summed E-state index contributed by atoms with van der Waals surface area (Å²) in [6.07, 6.45) is 6.37. The Morgan fingerprint density at radius 2 is 2.17 bits per heavy atom. The summed E-state index contributed by atoms with van der Waals surface area (Å²) in [5.74, 6) is 1.45. The molecule has 0 saturated carbocycles. The zero-order valence-corrected chi connectivity index (χ0v) is 12.3. The Kier molecular flexibility index (Phi) is 4.18. The third-order valence-corrected chi connectivity index (χ3v) is 5.49. The predicted molar refractivity (Wildman–Crippen MR) is 74.4 cm³/mol. The highest BCUT2D eigenvalue weighted by molar-refractivity contribution is 5.20. The van der Waals surface area contributed by atoms with Gasteiger partial charge in [-0.25, -0.2) is 0 Å². The Morgan fingerprint density at radius 1 is 1.44 bits per heavy atom. The number of aliphatic hydroxyl groups is 1. The lowest BCUT2D eigenvalue weighted by Crippen LogP contribution is -2.56. The van der Waals surface area contributed by atoms with E-state index < -0.39 is 0 Å². The van der Waals surface area contributed by atoms with Crippen LogP contribution in [0.25, 0.3) is 0 Å². The molecule has 5 atom stereocenters. The molecule has 1 aliphatic carbocycles. The molecule has 1 saturated heterocycles. The van der Waals surface area contributed by atoms with Crippen molar-refractivity contribution in [1.29, 1.82) is 0 Å². The molecule has 0 radical (unpaired) electrons. The van der Waals surface area contributed by atoms with E-state index in [4.69, 9.17) is 4.74 Å². The molecule has 2 aliphatic rings. The van der Waals surface area contributed by atoms with E-state index in [-0.39, 0.29) is 12.0 Å². The number of hydrogen-bond donors (Lipinski definition) is 1. The molecule has 1 fully saturated rings. The molecular weight excluding hydrogens is 224 g/mol. The normalized spacial score (nSPS) is 43.7. The van der Waals surface area contributed by atoms with Gasteiger partial charge in [-0.05, 0) is 25.2 Å². The second-order valence-electron chi connectivity index (χ2n) is 6.40. The van der Waals surface area contributed by atoms with Crippen molar-refractivity contribution in [1.82, 2.24) is 0 Å². The van der Waals surface area contributed by atoms with Gasteiger partial charge in [0.15, 0.2) is 0 Å². The van der Waals surface area contributed by atoms with Crippen molar-refractivity contribution in [2.45, 2.75) is 53.1 Å². The summed E-state index contributed by atoms with van der Waals surface area (Å²) in [6, 6.07) is 0. The SMILES string of the molecule is CCCCC1OC[C@@]2(CO)C(C)C=C(C)C1[C@H]2C. The fourth-order valence-corrected chi connectivity index (χ4v) is 4.08. The van der Waals surface area contributed by atoms with Crippen LogP contribution in [0, 0.1) is 23.2 Å². The summed E-state index contributed by atoms with van der Waals surface area (Å²) in [4.78, 5) is 0. The van der Waals surface area contributed by atoms with Gasteiger partial charge in [0, 0.05) is 11.3 Å². The van der Waals surface area contributed by atoms with Crippen LogP contribution in [-0.4, -0.2) is 24.4 Å². The summed E-state index contributed by atoms with van der Waals surface area (Å²) in [7, 11) is 0. The molecule has 1 heterocycles. The van der Waals surface area contributed by atoms with E-state index in [0.29, 0.717) is 23.9 Å². The van der Waals surface area contributed by atoms with Gasteiger partial charge in [0.2, 0.25) is 0 Å². The van der Waals surface area contributed by atoms with Gasteiger partial charge in [0.25, 0.3) is 0 Å². The van der Waals surface area contributed by atoms with Crippen LogP contribution in [0.5, 0.6) is 0 Å². The molecule has 18 heavy (non-hydrogen) atoms. The van der Waals surface area contributed by atoms with Gasteiger partial charge in [-0.15, -0.1) is 0 Å². The lowest BCUT2D eigenvalue weighted by Gasteiger charge is -2.55. The fourth-order valence-electron chi connectivity index (χ4n) is 4.08. The Labute approximate surface area is 111 Å². The molecule has 0 aromatic rings. The molecule has 1 N–H and O–H groups in total. The molecule has 2 bridgehead atoms. The summed E-state index contributed by atoms with van der Waals surface area (Å²) >= 11 is 0. The maximum atomic E-state index is 9.87. The van der Waals surface area contributed by atoms with Crippen LogP contribution in [0.4, 0.5) is 0 Å². The lowest BCUT2D eigenvalue weighted by atomic mass is 9.56. The summed E-state index contributed by atoms with van der Waals surface area (Å²) in [5.41, 5.74) is 1.42. The number of unbranched alkanes of at least 4 members (excludes halogenated alkanes) is 1. The Morgan fingerprint density at radius 3 is 2.78 bits per heavy atom. The molecular formula is C16H28O2. The summed E-state index contributed by atoms with van der Waals surface area (Å²) in [6.45, 7) is 9.98. The number of hydrogen-bond acceptors (Lipinski definition) is 2. The standard InChI is InChI=1S/C16H28O2/c1-5-6-7-14-15-11(2)8-12(3)16(9-17,10-18-14)13(15)4/h8,12-15,17H,5-7,9-10H2,1-4H3/t12?,13-,14?,15?,16+/m1/s1. The van der Waals surface area contributed by atoms with Gasteiger partial charge >= 0.3 is 0 Å². The van der Waals surface area contributed by atoms with Crippen molar-refractivity contribution < 1.29 is 9.84 Å². The lowest BCUT2D eigenvalue weighted by molar-refractivity contribution is -0.164. The minimum absolute atomic E-state index is 0.0487. The van der Waals surface area contributed by atoms with Crippen molar-refractivity contribution in [2.24, 2.45) is 23.2 Å². The molecule has 0 aromatic heterocycles. The molecule has 0 amide bonds. The topological polar surface area (TPSA) is 29.5 Å². The minimum atomic E-state index is -0.0487. The third-order valence-electron chi connectivity index (χ3n) is 5.49. The van der Waals surface area contributed by atoms with E-state index in [1.54, 1.807) is 0 Å². The zero-order valence-electron chi connectivity index (χ0n) is 12.3. The van der Waals surface area contributed by atoms with Crippen LogP contribution in [0.2, 0.25) is 0 Å². The van der Waals surface area contributed by atoms with Gasteiger partial charge in [0.05, 0.1) is 19.3 Å². The first-order valence-corrected chi connectivity index (χ1v) is 7.47. The largest absolute Gasteiger partial charge is 0.396 e. The number of ether oxygens (including phenoxy) is 1. The van der Waals surface area contributed by atoms with Crippen molar-refractivity contribution in [3.8, 4) is 0 Å². The van der Waals surface area contributed by atoms with Crippen molar-refractivity contribution >= 4 is 0 Å². The van der Waals surface area contributed by atoms with Gasteiger partial charge in [-0.1, -0.05) is 45.3 Å². The maximum absolute atomic E-state index is 9.87. The van der Waals surface area contributed by atoms with Crippen LogP contribution in [-0.2, 0) is 4.74 Å². The minimum Gasteiger partial charge on any atom is -0.396 e. The number of rotatable bonds is 4. The van der Waals surface area contributed by atoms with Gasteiger partial charge < -0.3 is 9.84 Å². The predicted octanol–water partition coefficient (Wildman–Crippen LogP) is 3.40. The third kappa shape index (κ3) is 2.04. The van der Waals surface area contributed by atoms with Gasteiger partial charge in [0.1, 0.15) is 0 Å². The Hall–Kier alpha value is -0.340. The first-order chi connectivity index (χ1) is 8.56. The monoisotopic (exact) mass is 252 g/mol. The number of aliphatic hydroxyl groups excluding tert-OH is 1. The second kappa shape index (κ2) is 5.34. The van der Waals surface area contributed by atoms with Crippen molar-refractivity contribution in [2.75, 3.05) is 13.2 Å². The summed E-state index contributed by atoms with van der Waals surface area (Å²) in [5, 5.41) is 9.87. The van der Waals surface area contributed by atoms with Crippen LogP contribution in [0.15, 0.2) is 11.6 Å². The molecule has 104 valence electrons. The zero-order chi connectivity index (χ0) is 13.3. The van der Waals surface area contributed by atoms with E-state index in [2.05, 4.69) is 33.8 Å². The maximum Gasteiger partial charge on any atom is 0.0643 e. The van der Waals surface area contributed by atoms with E-state index in [0.717, 1.165) is 13.0 Å². The van der Waals surface area contributed by atoms with Gasteiger partial charge in [-0.3, -0.25) is 0 Å². The molecule has 2 heteroatoms. The number of allylic oxidation sites excluding steroid dienone is 1. The fraction of sp³-hybridized carbons (Fsp3) is 0.875. The number of fused-ring (bicyclic) bond motifs is 2. The van der Waals surface area contributed by atoms with Crippen LogP contribution in [0.1, 0.15) is 47.0 Å². The molecule has 0 aromatic carbocycles. The highest BCUT2D eigenvalue weighted by atomic mass is 16.5. The molecule has 0 spiro atoms. The van der Waals surface area contributed by atoms with E-state index >= 15 is 0 Å². The first-order valence-electron chi connectivity index (χ1n) is 7.47. The van der Waals surface area contributed by atoms with Crippen molar-refractivity contribution in [3.05, 3.63) is 11.6 Å². The van der Waals surface area contributed by atoms with Gasteiger partial charge in [-0.2, -0.15) is 0 Å². The Balaban J connectivity index is 2.26. The van der Waals surface area contributed by atoms with Crippen LogP contribution < -0.4 is 0 Å². The van der Waals surface area contributed by atoms with E-state index in [1.165, 1.54) is 18.4 Å². The van der Waals surface area contributed by atoms with E-state index in [9.17, 15) is 5.11 Å². The molecule has 2 rings (SSSR count). The average Bonchev–Trinajstić information content (AvgIpc) is 2.34. The second-order valence-corrected chi connectivity index (χ2v) is 6.40. The van der Waals surface area contributed by atoms with Crippen LogP contribution in [0.3, 0.4) is 0 Å². The average molecular weight is 252 g/mol. The highest BCUT2D eigenvalue weighted by Gasteiger charge is 2.52. The quantitative estimate of drug-likeness (QED) is 0.777. The first kappa shape index (κ1) is 14.1. The van der Waals surface area contributed by atoms with E-state index in [1.807, 2.05) is 0 Å². The molecule has 2 nitrogen and oxygen atoms in total. The highest BCUT2D eigenvalue weighted by Crippen LogP contribution is 2.52.